The SMILES string of the molecule is Fc1ccc([Si]2(c3ccc(F)cc3)c3ccccc3Oc3c(-c4ccccn4)[c-]ccc32)cc1.O=C(O)c1ccccn1.[Ir]. The number of fused-ring (bicyclic) bond motifs is 2. The fraction of sp³-hybridized carbons (Fsp3) is 0. The van der Waals surface area contributed by atoms with Gasteiger partial charge < -0.3 is 14.8 Å². The Morgan fingerprint density at radius 2 is 1.30 bits per heavy atom. The van der Waals surface area contributed by atoms with Crippen LogP contribution in [0.5, 0.6) is 11.5 Å². The van der Waals surface area contributed by atoms with Crippen LogP contribution in [0.25, 0.3) is 11.3 Å². The van der Waals surface area contributed by atoms with E-state index in [-0.39, 0.29) is 37.4 Å². The van der Waals surface area contributed by atoms with Crippen LogP contribution < -0.4 is 25.5 Å². The maximum atomic E-state index is 14.0. The first-order valence-electron chi connectivity index (χ1n) is 13.4. The molecule has 0 atom stereocenters. The summed E-state index contributed by atoms with van der Waals surface area (Å²) in [6.45, 7) is 0. The smallest absolute Gasteiger partial charge is 0.354 e. The molecule has 6 aromatic rings. The zero-order chi connectivity index (χ0) is 29.8. The number of ether oxygens (including phenoxy) is 1. The van der Waals surface area contributed by atoms with Crippen molar-refractivity contribution >= 4 is 34.8 Å². The van der Waals surface area contributed by atoms with Crippen molar-refractivity contribution in [3.63, 3.8) is 0 Å². The Bertz CT molecular complexity index is 1850. The molecule has 44 heavy (non-hydrogen) atoms. The van der Waals surface area contributed by atoms with E-state index >= 15 is 0 Å². The largest absolute Gasteiger partial charge is 0.502 e. The average Bonchev–Trinajstić information content (AvgIpc) is 3.05. The van der Waals surface area contributed by atoms with Crippen molar-refractivity contribution in [1.82, 2.24) is 9.97 Å². The summed E-state index contributed by atoms with van der Waals surface area (Å²) < 4.78 is 34.6. The second-order valence-electron chi connectivity index (χ2n) is 9.69. The molecule has 0 aliphatic carbocycles. The molecule has 0 saturated heterocycles. The molecule has 0 saturated carbocycles. The number of aromatic nitrogens is 2. The third-order valence-electron chi connectivity index (χ3n) is 7.22. The minimum atomic E-state index is -2.99. The second kappa shape index (κ2) is 13.2. The summed E-state index contributed by atoms with van der Waals surface area (Å²) in [5, 5.41) is 12.3. The first kappa shape index (κ1) is 30.6. The van der Waals surface area contributed by atoms with Crippen molar-refractivity contribution in [3.05, 3.63) is 157 Å². The van der Waals surface area contributed by atoms with Gasteiger partial charge in [-0.25, -0.2) is 18.6 Å². The minimum Gasteiger partial charge on any atom is -0.502 e. The Kier molecular flexibility index (Phi) is 9.20. The van der Waals surface area contributed by atoms with Gasteiger partial charge in [0.05, 0.1) is 0 Å². The minimum absolute atomic E-state index is 0. The number of hydrogen-bond acceptors (Lipinski definition) is 4. The number of rotatable bonds is 4. The number of benzene rings is 4. The van der Waals surface area contributed by atoms with Crippen molar-refractivity contribution in [3.8, 4) is 22.8 Å². The summed E-state index contributed by atoms with van der Waals surface area (Å²) in [5.41, 5.74) is 1.59. The van der Waals surface area contributed by atoms with Crippen LogP contribution in [0.2, 0.25) is 0 Å². The molecule has 1 aliphatic rings. The van der Waals surface area contributed by atoms with Gasteiger partial charge in [-0.15, -0.1) is 18.2 Å². The van der Waals surface area contributed by atoms with E-state index in [1.165, 1.54) is 36.5 Å². The van der Waals surface area contributed by atoms with E-state index in [0.29, 0.717) is 5.75 Å². The van der Waals surface area contributed by atoms with E-state index in [1.54, 1.807) is 18.3 Å². The van der Waals surface area contributed by atoms with E-state index in [2.05, 4.69) is 22.1 Å². The summed E-state index contributed by atoms with van der Waals surface area (Å²) in [7, 11) is -2.99. The summed E-state index contributed by atoms with van der Waals surface area (Å²) in [6, 6.07) is 38.9. The molecule has 5 nitrogen and oxygen atoms in total. The molecule has 0 unspecified atom stereocenters. The van der Waals surface area contributed by atoms with E-state index in [4.69, 9.17) is 9.84 Å². The molecule has 1 N–H and O–H groups in total. The third kappa shape index (κ3) is 5.73. The van der Waals surface area contributed by atoms with Crippen LogP contribution in [0.15, 0.2) is 134 Å². The molecular formula is C35H23F2IrN2O3Si-. The molecule has 4 aromatic carbocycles. The van der Waals surface area contributed by atoms with Gasteiger partial charge in [-0.3, -0.25) is 0 Å². The fourth-order valence-corrected chi connectivity index (χ4v) is 10.3. The number of carboxylic acids is 1. The Labute approximate surface area is 267 Å². The normalized spacial score (nSPS) is 12.2. The van der Waals surface area contributed by atoms with Crippen LogP contribution in [0.1, 0.15) is 10.5 Å². The van der Waals surface area contributed by atoms with Crippen LogP contribution in [0.3, 0.4) is 0 Å². The number of aromatic carboxylic acids is 1. The van der Waals surface area contributed by atoms with Gasteiger partial charge in [0.15, 0.2) is 8.07 Å². The van der Waals surface area contributed by atoms with Crippen LogP contribution in [0.4, 0.5) is 8.78 Å². The van der Waals surface area contributed by atoms with E-state index in [9.17, 15) is 13.6 Å². The molecule has 9 heteroatoms. The third-order valence-corrected chi connectivity index (χ3v) is 12.0. The van der Waals surface area contributed by atoms with Crippen LogP contribution >= 0.6 is 0 Å². The standard InChI is InChI=1S/C29H18F2NOSi.C6H5NO2.Ir/c30-20-11-15-22(16-12-20)34(23-17-13-21(31)14-18-23)27-9-2-1-8-26(27)33-29-24(6-5-10-28(29)34)25-7-3-4-19-32-25;8-6(9)5-3-1-2-4-7-5;/h1-5,7-19H;1-4H,(H,8,9);/q-1;;. The fourth-order valence-electron chi connectivity index (χ4n) is 5.38. The first-order valence-corrected chi connectivity index (χ1v) is 15.4. The van der Waals surface area contributed by atoms with Crippen LogP contribution in [0, 0.1) is 17.7 Å². The number of hydrogen-bond donors (Lipinski definition) is 1. The van der Waals surface area contributed by atoms with Gasteiger partial charge in [0.2, 0.25) is 0 Å². The molecule has 219 valence electrons. The zero-order valence-electron chi connectivity index (χ0n) is 22.9. The molecule has 0 amide bonds. The predicted octanol–water partition coefficient (Wildman–Crippen LogP) is 5.09. The van der Waals surface area contributed by atoms with Crippen molar-refractivity contribution in [2.24, 2.45) is 0 Å². The van der Waals surface area contributed by atoms with Crippen LogP contribution in [-0.2, 0) is 20.1 Å². The Hall–Kier alpha value is -4.82. The van der Waals surface area contributed by atoms with Crippen molar-refractivity contribution in [1.29, 1.82) is 0 Å². The number of carboxylic acid groups (broad SMARTS) is 1. The van der Waals surface area contributed by atoms with Crippen molar-refractivity contribution in [2.75, 3.05) is 0 Å². The topological polar surface area (TPSA) is 72.3 Å². The molecule has 7 rings (SSSR count). The molecule has 0 bridgehead atoms. The summed E-state index contributed by atoms with van der Waals surface area (Å²) in [4.78, 5) is 18.3. The van der Waals surface area contributed by atoms with Gasteiger partial charge >= 0.3 is 5.97 Å². The van der Waals surface area contributed by atoms with Gasteiger partial charge in [0.25, 0.3) is 0 Å². The number of para-hydroxylation sites is 1. The molecular weight excluding hydrogens is 755 g/mol. The molecule has 0 fully saturated rings. The Morgan fingerprint density at radius 1 is 0.705 bits per heavy atom. The Balaban J connectivity index is 0.000000333. The summed E-state index contributed by atoms with van der Waals surface area (Å²) in [6.07, 6.45) is 3.19. The maximum Gasteiger partial charge on any atom is 0.354 e. The molecule has 1 radical (unpaired) electrons. The number of pyridine rings is 2. The van der Waals surface area contributed by atoms with Crippen LogP contribution in [-0.4, -0.2) is 29.1 Å². The van der Waals surface area contributed by atoms with Gasteiger partial charge in [-0.2, -0.15) is 0 Å². The monoisotopic (exact) mass is 778 g/mol. The average molecular weight is 778 g/mol. The number of nitrogens with zero attached hydrogens (tertiary/aromatic N) is 2. The number of carbonyl (C=O) groups is 1. The van der Waals surface area contributed by atoms with E-state index < -0.39 is 14.0 Å². The van der Waals surface area contributed by atoms with Gasteiger partial charge in [0.1, 0.15) is 23.1 Å². The second-order valence-corrected chi connectivity index (χ2v) is 13.4. The molecule has 3 heterocycles. The van der Waals surface area contributed by atoms with Crippen molar-refractivity contribution < 1.29 is 43.5 Å². The molecule has 0 spiro atoms. The quantitative estimate of drug-likeness (QED) is 0.200. The van der Waals surface area contributed by atoms with Gasteiger partial charge in [-0.05, 0) is 69.8 Å². The predicted molar refractivity (Wildman–Crippen MR) is 163 cm³/mol. The van der Waals surface area contributed by atoms with Gasteiger partial charge in [-0.1, -0.05) is 71.4 Å². The van der Waals surface area contributed by atoms with E-state index in [0.717, 1.165) is 37.8 Å². The molecule has 2 aromatic heterocycles. The summed E-state index contributed by atoms with van der Waals surface area (Å²) in [5.74, 6) is -0.186. The molecule has 1 aliphatic heterocycles. The number of halogens is 2. The first-order chi connectivity index (χ1) is 21.0. The zero-order valence-corrected chi connectivity index (χ0v) is 26.3. The summed E-state index contributed by atoms with van der Waals surface area (Å²) >= 11 is 0. The van der Waals surface area contributed by atoms with Gasteiger partial charge in [0, 0.05) is 38.2 Å². The van der Waals surface area contributed by atoms with E-state index in [1.807, 2.05) is 72.8 Å². The maximum absolute atomic E-state index is 14.0. The Morgan fingerprint density at radius 3 is 1.84 bits per heavy atom. The van der Waals surface area contributed by atoms with Crippen molar-refractivity contribution in [2.45, 2.75) is 0 Å².